The van der Waals surface area contributed by atoms with Crippen molar-refractivity contribution in [2.75, 3.05) is 86.2 Å². The number of carbonyl (C=O) groups excluding carboxylic acids is 6. The summed E-state index contributed by atoms with van der Waals surface area (Å²) in [6.07, 6.45) is 3.84. The Morgan fingerprint density at radius 3 is 0.938 bits per heavy atom. The largest absolute Gasteiger partial charge is 0.394 e. The second-order valence-corrected chi connectivity index (χ2v) is 38.5. The molecule has 25 atom stereocenters. The number of nitrogens with zero attached hydrogens (tertiary/aromatic N) is 3. The smallest absolute Gasteiger partial charge is 0.343 e. The zero-order valence-corrected chi connectivity index (χ0v) is 70.7. The highest BCUT2D eigenvalue weighted by atomic mass is 32.1. The monoisotopic (exact) mass is 1680 g/mol. The third-order valence-electron chi connectivity index (χ3n) is 22.4. The first kappa shape index (κ1) is 98.7. The average molecular weight is 1680 g/mol. The molecule has 10 N–H and O–H groups in total. The molecule has 6 aliphatic heterocycles. The molecule has 0 aromatic rings. The van der Waals surface area contributed by atoms with Crippen molar-refractivity contribution in [2.24, 2.45) is 17.8 Å². The van der Waals surface area contributed by atoms with Crippen LogP contribution in [0, 0.1) is 17.8 Å². The fourth-order valence-electron chi connectivity index (χ4n) is 15.5. The van der Waals surface area contributed by atoms with Crippen LogP contribution >= 0.6 is 32.4 Å². The molecular formula is C76H137N3O29P4. The van der Waals surface area contributed by atoms with Gasteiger partial charge in [0.1, 0.15) is 54.0 Å². The molecule has 0 aliphatic carbocycles. The van der Waals surface area contributed by atoms with Crippen LogP contribution < -0.4 is 0 Å². The van der Waals surface area contributed by atoms with Crippen LogP contribution in [0.15, 0.2) is 0 Å². The topological polar surface area (TPSA) is 450 Å². The number of hydrogen-bond acceptors (Lipinski definition) is 29. The van der Waals surface area contributed by atoms with Crippen molar-refractivity contribution in [1.82, 2.24) is 14.7 Å². The molecule has 650 valence electrons. The molecule has 0 aromatic carbocycles. The summed E-state index contributed by atoms with van der Waals surface area (Å²) in [6, 6.07) is -1.66. The zero-order chi connectivity index (χ0) is 81.9. The van der Waals surface area contributed by atoms with Gasteiger partial charge in [-0.1, -0.05) is 78.6 Å². The number of ketones is 3. The highest BCUT2D eigenvalue weighted by Crippen LogP contribution is 2.60. The summed E-state index contributed by atoms with van der Waals surface area (Å²) in [5.74, 6) is -1.54. The molecular weight excluding hydrogens is 1540 g/mol. The number of Topliss-reactive ketones (excluding diaryl/α,β-unsaturated/α-hetero) is 3. The Bertz CT molecular complexity index is 2860. The van der Waals surface area contributed by atoms with Crippen LogP contribution in [0.3, 0.4) is 0 Å². The molecule has 0 bridgehead atoms. The van der Waals surface area contributed by atoms with E-state index < -0.39 is 156 Å². The molecule has 3 amide bonds. The number of unbranched alkanes of at least 4 members (excludes halogenated alkanes) is 15. The summed E-state index contributed by atoms with van der Waals surface area (Å²) < 4.78 is 92.3. The Kier molecular flexibility index (Phi) is 46.0. The lowest BCUT2D eigenvalue weighted by Gasteiger charge is -2.40. The molecule has 112 heavy (non-hydrogen) atoms. The van der Waals surface area contributed by atoms with Gasteiger partial charge in [-0.25, -0.2) is 0 Å². The van der Waals surface area contributed by atoms with E-state index in [4.69, 9.17) is 51.3 Å². The average Bonchev–Trinajstić information content (AvgIpc) is 1.51. The third-order valence-corrected chi connectivity index (χ3v) is 26.3. The number of likely N-dealkylation sites (tertiary alicyclic amines) is 3. The SMILES string of the molecule is COC[C@@H]1C[C@@H](OP(=O)(P)OC[C@@H]2C[C@@H](OP(=O)(P)OC[C@@H]3C[C@@H](O)CN3C(=O)CCCCCCC(=O)CCCCCO[C@@H]3OC(CO)[C@H](O)[C@H](O)C3C)CN2C(=O)CCCCCCC(=O)CCCCCO[C@@H]2OC(CO)[C@H](O)[C@H](O)C2C)CN1C(=O)CCCCCCC(=O)CCCCCO[C@@H]1OC(CO)[C@H](O)[C@H](O)C1C. The van der Waals surface area contributed by atoms with E-state index >= 15 is 0 Å². The summed E-state index contributed by atoms with van der Waals surface area (Å²) >= 11 is 0. The van der Waals surface area contributed by atoms with Gasteiger partial charge in [-0.15, -0.1) is 0 Å². The molecule has 6 fully saturated rings. The van der Waals surface area contributed by atoms with Crippen molar-refractivity contribution in [1.29, 1.82) is 0 Å². The number of amides is 3. The Morgan fingerprint density at radius 1 is 0.375 bits per heavy atom. The summed E-state index contributed by atoms with van der Waals surface area (Å²) in [7, 11) is -2.09. The molecule has 6 aliphatic rings. The van der Waals surface area contributed by atoms with Crippen LogP contribution in [-0.4, -0.2) is 297 Å². The Labute approximate surface area is 666 Å². The minimum Gasteiger partial charge on any atom is -0.394 e. The van der Waals surface area contributed by atoms with Crippen molar-refractivity contribution in [3.8, 4) is 0 Å². The normalized spacial score (nSPS) is 31.4. The van der Waals surface area contributed by atoms with Crippen molar-refractivity contribution in [3.63, 3.8) is 0 Å². The Morgan fingerprint density at radius 2 is 0.643 bits per heavy atom. The first-order valence-corrected chi connectivity index (χ1v) is 47.6. The number of hydrogen-bond donors (Lipinski definition) is 10. The van der Waals surface area contributed by atoms with Gasteiger partial charge in [0.25, 0.3) is 0 Å². The number of aliphatic hydroxyl groups excluding tert-OH is 10. The van der Waals surface area contributed by atoms with Crippen molar-refractivity contribution < 1.29 is 140 Å². The van der Waals surface area contributed by atoms with Crippen LogP contribution in [0.1, 0.15) is 233 Å². The molecule has 0 spiro atoms. The van der Waals surface area contributed by atoms with Gasteiger partial charge in [-0.3, -0.25) is 37.9 Å². The number of aliphatic hydroxyl groups is 10. The fraction of sp³-hybridized carbons (Fsp3) is 0.921. The lowest BCUT2D eigenvalue weighted by molar-refractivity contribution is -0.282. The first-order valence-electron chi connectivity index (χ1n) is 41.3. The number of β-amino-alcohol motifs (C(OH)–C–C–N with tert-alkyl or cyclic N) is 1. The van der Waals surface area contributed by atoms with Crippen LogP contribution in [0.4, 0.5) is 0 Å². The molecule has 6 heterocycles. The maximum atomic E-state index is 14.2. The lowest BCUT2D eigenvalue weighted by Crippen LogP contribution is -2.55. The van der Waals surface area contributed by atoms with Crippen LogP contribution in [0.5, 0.6) is 0 Å². The minimum atomic E-state index is -3.98. The van der Waals surface area contributed by atoms with Crippen LogP contribution in [0.25, 0.3) is 0 Å². The first-order chi connectivity index (χ1) is 53.5. The van der Waals surface area contributed by atoms with E-state index in [1.165, 1.54) is 7.11 Å². The summed E-state index contributed by atoms with van der Waals surface area (Å²) in [5, 5.41) is 100. The van der Waals surface area contributed by atoms with Gasteiger partial charge >= 0.3 is 14.6 Å². The molecule has 32 nitrogen and oxygen atoms in total. The van der Waals surface area contributed by atoms with Gasteiger partial charge in [-0.05, 0) is 114 Å². The maximum Gasteiger partial charge on any atom is 0.343 e. The molecule has 0 aromatic heterocycles. The lowest BCUT2D eigenvalue weighted by atomic mass is 9.92. The number of carbonyl (C=O) groups is 6. The molecule has 36 heteroatoms. The van der Waals surface area contributed by atoms with E-state index in [2.05, 4.69) is 17.9 Å². The van der Waals surface area contributed by atoms with Gasteiger partial charge in [0.05, 0.1) is 94.4 Å². The standard InChI is InChI=1S/C76H137N3O29P4/c1-50-68(90)71(93)62(44-80)104-74(50)99-35-23-11-17-29-56(83)26-14-5-8-20-32-65(87)77-41-59(86)38-53(77)48-102-111(96,109)108-61-40-55(79(43-61)67(89)34-22-10-7-16-28-58(85)31-19-13-25-37-101-76-52(3)70(92)73(95)64(46-82)106-76)49-103-112(97,110)107-60-39-54(47-98-4)78(42-60)66(88)33-21-9-6-15-27-57(84)30-18-12-24-36-100-75-51(2)69(91)72(94)63(45-81)105-75/h50-55,59-64,68-76,80-82,86,90-95H,5-49,109-110H2,1-4H3/t50?,51?,52?,53-,54-,55-,59+,60+,61+,62?,63?,64?,68+,69+,70+,71-,72-,73-,74+,75+,76+,111?,112?/m0/s1. The van der Waals surface area contributed by atoms with Crippen LogP contribution in [-0.2, 0) is 89.2 Å². The van der Waals surface area contributed by atoms with Gasteiger partial charge in [0.15, 0.2) is 18.9 Å². The summed E-state index contributed by atoms with van der Waals surface area (Å²) in [5.41, 5.74) is 0. The van der Waals surface area contributed by atoms with E-state index in [1.54, 1.807) is 35.5 Å². The van der Waals surface area contributed by atoms with Crippen molar-refractivity contribution in [3.05, 3.63) is 0 Å². The fourth-order valence-corrected chi connectivity index (χ4v) is 19.1. The second-order valence-electron chi connectivity index (χ2n) is 31.6. The molecule has 0 radical (unpaired) electrons. The molecule has 6 rings (SSSR count). The number of ether oxygens (including phenoxy) is 7. The highest BCUT2D eigenvalue weighted by Gasteiger charge is 2.47. The third kappa shape index (κ3) is 33.8. The Balaban J connectivity index is 0.908. The number of rotatable bonds is 57. The maximum absolute atomic E-state index is 14.2. The van der Waals surface area contributed by atoms with Gasteiger partial charge in [-0.2, -0.15) is 0 Å². The second kappa shape index (κ2) is 52.2. The van der Waals surface area contributed by atoms with E-state index in [0.29, 0.717) is 161 Å². The predicted octanol–water partition coefficient (Wildman–Crippen LogP) is 6.25. The zero-order valence-electron chi connectivity index (χ0n) is 66.6. The summed E-state index contributed by atoms with van der Waals surface area (Å²) in [4.78, 5) is 84.4. The van der Waals surface area contributed by atoms with Crippen LogP contribution in [0.2, 0.25) is 0 Å². The van der Waals surface area contributed by atoms with Gasteiger partial charge in [0.2, 0.25) is 17.7 Å². The Hall–Kier alpha value is -2.10. The van der Waals surface area contributed by atoms with E-state index in [1.807, 2.05) is 0 Å². The van der Waals surface area contributed by atoms with E-state index in [-0.39, 0.29) is 113 Å². The molecule has 6 saturated heterocycles. The van der Waals surface area contributed by atoms with Crippen molar-refractivity contribution >= 4 is 67.5 Å². The van der Waals surface area contributed by atoms with Crippen molar-refractivity contribution in [2.45, 2.75) is 343 Å². The minimum absolute atomic E-state index is 0.00712. The quantitative estimate of drug-likeness (QED) is 0.0237. The predicted molar refractivity (Wildman–Crippen MR) is 417 cm³/mol. The molecule has 10 unspecified atom stereocenters. The van der Waals surface area contributed by atoms with E-state index in [9.17, 15) is 89.0 Å². The molecule has 0 saturated carbocycles. The highest BCUT2D eigenvalue weighted by molar-refractivity contribution is 8.12. The van der Waals surface area contributed by atoms with Gasteiger partial charge < -0.3 is 117 Å². The summed E-state index contributed by atoms with van der Waals surface area (Å²) in [6.45, 7) is 4.76. The number of methoxy groups -OCH3 is 1. The van der Waals surface area contributed by atoms with Gasteiger partial charge in [0, 0.05) is 122 Å². The van der Waals surface area contributed by atoms with E-state index in [0.717, 1.165) is 38.5 Å².